The number of amides is 3. The van der Waals surface area contributed by atoms with Gasteiger partial charge in [0, 0.05) is 24.9 Å². The fourth-order valence-electron chi connectivity index (χ4n) is 5.24. The normalized spacial score (nSPS) is 19.2. The first-order chi connectivity index (χ1) is 16.1. The number of hydrogen-bond acceptors (Lipinski definition) is 5. The van der Waals surface area contributed by atoms with E-state index in [1.165, 1.54) is 23.4 Å². The Bertz CT molecular complexity index is 1270. The highest BCUT2D eigenvalue weighted by atomic mass is 16.2. The number of pyridine rings is 1. The molecule has 33 heavy (non-hydrogen) atoms. The maximum absolute atomic E-state index is 13.0. The first-order valence-electron chi connectivity index (χ1n) is 11.6. The Morgan fingerprint density at radius 1 is 0.909 bits per heavy atom. The summed E-state index contributed by atoms with van der Waals surface area (Å²) in [6.45, 7) is 3.39. The molecule has 3 aromatic rings. The summed E-state index contributed by atoms with van der Waals surface area (Å²) in [5, 5.41) is 2.35. The van der Waals surface area contributed by atoms with Gasteiger partial charge in [-0.2, -0.15) is 5.01 Å². The van der Waals surface area contributed by atoms with Crippen molar-refractivity contribution in [3.63, 3.8) is 0 Å². The molecule has 2 fully saturated rings. The third-order valence-corrected chi connectivity index (χ3v) is 6.87. The number of benzene rings is 1. The summed E-state index contributed by atoms with van der Waals surface area (Å²) in [5.41, 5.74) is 5.62. The lowest BCUT2D eigenvalue weighted by atomic mass is 10.0. The summed E-state index contributed by atoms with van der Waals surface area (Å²) >= 11 is 0. The minimum absolute atomic E-state index is 0.222. The molecule has 3 amide bonds. The van der Waals surface area contributed by atoms with Gasteiger partial charge in [-0.25, -0.2) is 9.99 Å². The molecular formula is C25H25N5O3. The second kappa shape index (κ2) is 7.81. The molecule has 2 saturated heterocycles. The molecule has 6 rings (SSSR count). The number of rotatable bonds is 4. The van der Waals surface area contributed by atoms with Crippen LogP contribution in [0, 0.1) is 0 Å². The molecule has 0 saturated carbocycles. The smallest absolute Gasteiger partial charge is 0.273 e. The van der Waals surface area contributed by atoms with Gasteiger partial charge >= 0.3 is 0 Å². The first-order valence-corrected chi connectivity index (χ1v) is 11.6. The number of hydrogen-bond donors (Lipinski definition) is 0. The molecule has 8 nitrogen and oxygen atoms in total. The SMILES string of the molecule is O=C1c2ccc(-c3cc(CN4CCCC4)cc4cncn34)cc2CN1N1C(=O)CCCC1=O. The number of carbonyl (C=O) groups excluding carboxylic acids is 3. The molecule has 0 spiro atoms. The molecule has 1 aromatic carbocycles. The van der Waals surface area contributed by atoms with E-state index in [9.17, 15) is 14.4 Å². The molecule has 0 unspecified atom stereocenters. The highest BCUT2D eigenvalue weighted by molar-refractivity contribution is 6.04. The third-order valence-electron chi connectivity index (χ3n) is 6.87. The number of imidazole rings is 1. The molecule has 5 heterocycles. The predicted molar refractivity (Wildman–Crippen MR) is 121 cm³/mol. The molecule has 2 aromatic heterocycles. The molecular weight excluding hydrogens is 418 g/mol. The van der Waals surface area contributed by atoms with Crippen LogP contribution in [0.15, 0.2) is 42.9 Å². The zero-order valence-electron chi connectivity index (χ0n) is 18.4. The van der Waals surface area contributed by atoms with E-state index in [0.717, 1.165) is 47.0 Å². The highest BCUT2D eigenvalue weighted by Crippen LogP contribution is 2.32. The van der Waals surface area contributed by atoms with Crippen LogP contribution in [0.2, 0.25) is 0 Å². The molecule has 0 radical (unpaired) electrons. The highest BCUT2D eigenvalue weighted by Gasteiger charge is 2.39. The Balaban J connectivity index is 1.35. The van der Waals surface area contributed by atoms with Gasteiger partial charge in [0.1, 0.15) is 0 Å². The van der Waals surface area contributed by atoms with E-state index in [1.807, 2.05) is 24.4 Å². The molecule has 0 atom stereocenters. The zero-order valence-corrected chi connectivity index (χ0v) is 18.4. The minimum Gasteiger partial charge on any atom is -0.299 e. The summed E-state index contributed by atoms with van der Waals surface area (Å²) in [4.78, 5) is 44.6. The van der Waals surface area contributed by atoms with E-state index in [1.54, 1.807) is 6.33 Å². The lowest BCUT2D eigenvalue weighted by Gasteiger charge is -2.32. The topological polar surface area (TPSA) is 78.2 Å². The van der Waals surface area contributed by atoms with E-state index in [-0.39, 0.29) is 24.3 Å². The molecule has 3 aliphatic rings. The van der Waals surface area contributed by atoms with Crippen LogP contribution in [-0.4, -0.2) is 55.1 Å². The van der Waals surface area contributed by atoms with Crippen LogP contribution >= 0.6 is 0 Å². The number of aromatic nitrogens is 2. The summed E-state index contributed by atoms with van der Waals surface area (Å²) in [7, 11) is 0. The Kier molecular flexibility index (Phi) is 4.76. The van der Waals surface area contributed by atoms with E-state index in [4.69, 9.17) is 0 Å². The van der Waals surface area contributed by atoms with Crippen LogP contribution in [0.4, 0.5) is 0 Å². The van der Waals surface area contributed by atoms with Crippen LogP contribution < -0.4 is 0 Å². The number of piperidine rings is 1. The van der Waals surface area contributed by atoms with E-state index < -0.39 is 0 Å². The van der Waals surface area contributed by atoms with Crippen molar-refractivity contribution in [1.29, 1.82) is 0 Å². The molecule has 0 bridgehead atoms. The van der Waals surface area contributed by atoms with Gasteiger partial charge in [-0.1, -0.05) is 6.07 Å². The van der Waals surface area contributed by atoms with Crippen LogP contribution in [0.3, 0.4) is 0 Å². The van der Waals surface area contributed by atoms with E-state index >= 15 is 0 Å². The van der Waals surface area contributed by atoms with Gasteiger partial charge in [-0.3, -0.25) is 23.7 Å². The van der Waals surface area contributed by atoms with Crippen molar-refractivity contribution in [2.45, 2.75) is 45.2 Å². The van der Waals surface area contributed by atoms with Gasteiger partial charge in [-0.05, 0) is 73.3 Å². The van der Waals surface area contributed by atoms with Crippen LogP contribution in [0.1, 0.15) is 53.6 Å². The predicted octanol–water partition coefficient (Wildman–Crippen LogP) is 3.01. The molecule has 0 N–H and O–H groups in total. The summed E-state index contributed by atoms with van der Waals surface area (Å²) < 4.78 is 2.06. The number of fused-ring (bicyclic) bond motifs is 2. The summed E-state index contributed by atoms with van der Waals surface area (Å²) in [5.74, 6) is -0.902. The fraction of sp³-hybridized carbons (Fsp3) is 0.360. The first kappa shape index (κ1) is 20.1. The van der Waals surface area contributed by atoms with Gasteiger partial charge in [0.25, 0.3) is 5.91 Å². The lowest BCUT2D eigenvalue weighted by molar-refractivity contribution is -0.163. The second-order valence-corrected chi connectivity index (χ2v) is 9.11. The number of carbonyl (C=O) groups is 3. The fourth-order valence-corrected chi connectivity index (χ4v) is 5.24. The standard InChI is InChI=1S/C25H25N5O3/c31-23-4-3-5-24(32)30(23)29-15-19-12-18(6-7-21(19)25(29)33)22-11-17(14-27-8-1-2-9-27)10-20-13-26-16-28(20)22/h6-7,10-13,16H,1-5,8-9,14-15H2. The molecule has 168 valence electrons. The van der Waals surface area contributed by atoms with Gasteiger partial charge in [0.05, 0.1) is 30.3 Å². The minimum atomic E-state index is -0.303. The number of nitrogens with zero attached hydrogens (tertiary/aromatic N) is 5. The van der Waals surface area contributed by atoms with E-state index in [2.05, 4.69) is 26.4 Å². The zero-order chi connectivity index (χ0) is 22.5. The molecule has 3 aliphatic heterocycles. The Morgan fingerprint density at radius 3 is 2.48 bits per heavy atom. The number of imide groups is 1. The monoisotopic (exact) mass is 443 g/mol. The third kappa shape index (κ3) is 3.41. The van der Waals surface area contributed by atoms with Crippen molar-refractivity contribution < 1.29 is 14.4 Å². The second-order valence-electron chi connectivity index (χ2n) is 9.11. The summed E-state index contributed by atoms with van der Waals surface area (Å²) in [6, 6.07) is 10.1. The number of hydrazine groups is 1. The molecule has 0 aliphatic carbocycles. The van der Waals surface area contributed by atoms with Crippen molar-refractivity contribution in [2.75, 3.05) is 13.1 Å². The van der Waals surface area contributed by atoms with Crippen molar-refractivity contribution in [3.05, 3.63) is 59.5 Å². The van der Waals surface area contributed by atoms with Gasteiger partial charge in [0.2, 0.25) is 11.8 Å². The number of likely N-dealkylation sites (tertiary alicyclic amines) is 1. The Hall–Kier alpha value is -3.52. The van der Waals surface area contributed by atoms with Crippen molar-refractivity contribution >= 4 is 23.2 Å². The largest absolute Gasteiger partial charge is 0.299 e. The van der Waals surface area contributed by atoms with Crippen LogP contribution in [0.5, 0.6) is 0 Å². The maximum atomic E-state index is 13.0. The maximum Gasteiger partial charge on any atom is 0.273 e. The summed E-state index contributed by atoms with van der Waals surface area (Å²) in [6.07, 6.45) is 7.29. The lowest BCUT2D eigenvalue weighted by Crippen LogP contribution is -2.51. The average molecular weight is 444 g/mol. The van der Waals surface area contributed by atoms with Gasteiger partial charge in [0.15, 0.2) is 0 Å². The quantitative estimate of drug-likeness (QED) is 0.580. The van der Waals surface area contributed by atoms with Crippen molar-refractivity contribution in [3.8, 4) is 11.3 Å². The van der Waals surface area contributed by atoms with Crippen LogP contribution in [-0.2, 0) is 22.7 Å². The van der Waals surface area contributed by atoms with Crippen molar-refractivity contribution in [1.82, 2.24) is 24.3 Å². The Labute approximate surface area is 191 Å². The Morgan fingerprint density at radius 2 is 1.70 bits per heavy atom. The van der Waals surface area contributed by atoms with E-state index in [0.29, 0.717) is 24.8 Å². The molecule has 8 heteroatoms. The van der Waals surface area contributed by atoms with Gasteiger partial charge < -0.3 is 0 Å². The van der Waals surface area contributed by atoms with Gasteiger partial charge in [-0.15, -0.1) is 0 Å². The van der Waals surface area contributed by atoms with Crippen molar-refractivity contribution in [2.24, 2.45) is 0 Å². The van der Waals surface area contributed by atoms with Crippen LogP contribution in [0.25, 0.3) is 16.8 Å². The average Bonchev–Trinajstić information content (AvgIpc) is 3.54.